The molecule has 0 radical (unpaired) electrons. The fourth-order valence-corrected chi connectivity index (χ4v) is 0.510. The predicted octanol–water partition coefficient (Wildman–Crippen LogP) is 0.791. The minimum Gasteiger partial charge on any atom is -0.285 e. The van der Waals surface area contributed by atoms with Crippen LogP contribution in [-0.2, 0) is 0 Å². The molecular weight excluding hydrogens is 86.1 g/mol. The summed E-state index contributed by atoms with van der Waals surface area (Å²) in [6.45, 7) is 5.05. The Labute approximate surface area is 43.4 Å². The van der Waals surface area contributed by atoms with Gasteiger partial charge in [-0.3, -0.25) is 4.99 Å². The lowest BCUT2D eigenvalue weighted by atomic mass is 10.6. The van der Waals surface area contributed by atoms with Crippen LogP contribution >= 0.6 is 0 Å². The molecule has 0 saturated heterocycles. The fraction of sp³-hybridized carbons (Fsp3) is 0.500. The van der Waals surface area contributed by atoms with Crippen LogP contribution in [0.2, 0.25) is 0 Å². The van der Waals surface area contributed by atoms with Crippen LogP contribution in [0, 0.1) is 6.92 Å². The van der Waals surface area contributed by atoms with Gasteiger partial charge in [-0.1, -0.05) is 0 Å². The summed E-state index contributed by atoms with van der Waals surface area (Å²) in [6.07, 6.45) is 0. The average Bonchev–Trinajstić information content (AvgIpc) is 2.22. The lowest BCUT2D eigenvalue weighted by Gasteiger charge is -1.67. The van der Waals surface area contributed by atoms with Crippen LogP contribution in [0.5, 0.6) is 0 Å². The van der Waals surface area contributed by atoms with Gasteiger partial charge in [-0.2, -0.15) is 0 Å². The van der Waals surface area contributed by atoms with Gasteiger partial charge in [-0.15, -0.1) is 0 Å². The van der Waals surface area contributed by atoms with Gasteiger partial charge >= 0.3 is 0 Å². The molecule has 0 amide bonds. The second-order valence-corrected chi connectivity index (χ2v) is 1.69. The lowest BCUT2D eigenvalue weighted by molar-refractivity contribution is 1.08. The van der Waals surface area contributed by atoms with Gasteiger partial charge < -0.3 is 0 Å². The van der Waals surface area contributed by atoms with E-state index in [9.17, 15) is 0 Å². The summed E-state index contributed by atoms with van der Waals surface area (Å²) in [5.74, 6) is 0. The molecule has 0 fully saturated rings. The van der Waals surface area contributed by atoms with Gasteiger partial charge in [-0.05, 0) is 25.5 Å². The number of rotatable bonds is 1. The normalized spacial score (nSPS) is 13.7. The zero-order chi connectivity index (χ0) is 5.28. The van der Waals surface area contributed by atoms with E-state index in [1.165, 1.54) is 10.9 Å². The zero-order valence-electron chi connectivity index (χ0n) is 4.73. The second-order valence-electron chi connectivity index (χ2n) is 1.69. The zero-order valence-corrected chi connectivity index (χ0v) is 4.73. The molecule has 0 heterocycles. The third-order valence-electron chi connectivity index (χ3n) is 1.00. The minimum absolute atomic E-state index is 0.920. The molecule has 1 heteroatoms. The standard InChI is InChI=1S/C6H9N/c1-3-7-6-4-5(6)2/h4H,3H2,1-2H3/b7-6-. The Kier molecular flexibility index (Phi) is 0.970. The van der Waals surface area contributed by atoms with E-state index < -0.39 is 0 Å². The van der Waals surface area contributed by atoms with Gasteiger partial charge in [0.2, 0.25) is 0 Å². The van der Waals surface area contributed by atoms with Crippen molar-refractivity contribution >= 4 is 0 Å². The highest BCUT2D eigenvalue weighted by molar-refractivity contribution is 5.19. The molecular formula is C6H9N. The van der Waals surface area contributed by atoms with E-state index >= 15 is 0 Å². The molecule has 1 aromatic rings. The smallest absolute Gasteiger partial charge is 0.0607 e. The summed E-state index contributed by atoms with van der Waals surface area (Å²) in [6, 6.07) is 2.09. The molecule has 0 aromatic heterocycles. The van der Waals surface area contributed by atoms with Crippen LogP contribution < -0.4 is 5.36 Å². The third kappa shape index (κ3) is 0.889. The van der Waals surface area contributed by atoms with E-state index in [0.29, 0.717) is 0 Å². The summed E-state index contributed by atoms with van der Waals surface area (Å²) in [7, 11) is 0. The van der Waals surface area contributed by atoms with E-state index in [4.69, 9.17) is 0 Å². The first-order valence-corrected chi connectivity index (χ1v) is 2.57. The largest absolute Gasteiger partial charge is 0.285 e. The van der Waals surface area contributed by atoms with Crippen molar-refractivity contribution in [3.63, 3.8) is 0 Å². The highest BCUT2D eigenvalue weighted by atomic mass is 14.7. The predicted molar refractivity (Wildman–Crippen MR) is 29.7 cm³/mol. The lowest BCUT2D eigenvalue weighted by Crippen LogP contribution is -1.82. The van der Waals surface area contributed by atoms with Crippen molar-refractivity contribution < 1.29 is 0 Å². The Hall–Kier alpha value is -0.590. The van der Waals surface area contributed by atoms with E-state index in [1.807, 2.05) is 6.92 Å². The van der Waals surface area contributed by atoms with Gasteiger partial charge in [0.1, 0.15) is 0 Å². The average molecular weight is 95.1 g/mol. The van der Waals surface area contributed by atoms with E-state index in [-0.39, 0.29) is 0 Å². The molecule has 0 bridgehead atoms. The Morgan fingerprint density at radius 3 is 2.43 bits per heavy atom. The molecule has 38 valence electrons. The van der Waals surface area contributed by atoms with Crippen LogP contribution in [0.15, 0.2) is 11.1 Å². The number of hydrogen-bond acceptors (Lipinski definition) is 1. The topological polar surface area (TPSA) is 12.4 Å². The summed E-state index contributed by atoms with van der Waals surface area (Å²) in [5.41, 5.74) is 1.35. The minimum atomic E-state index is 0.920. The maximum atomic E-state index is 4.14. The number of aryl methyl sites for hydroxylation is 1. The Balaban J connectivity index is 2.63. The molecule has 0 aliphatic carbocycles. The van der Waals surface area contributed by atoms with Crippen molar-refractivity contribution in [2.75, 3.05) is 6.54 Å². The molecule has 0 saturated carbocycles. The van der Waals surface area contributed by atoms with E-state index in [0.717, 1.165) is 6.54 Å². The summed E-state index contributed by atoms with van der Waals surface area (Å²) < 4.78 is 0. The quantitative estimate of drug-likeness (QED) is 0.489. The van der Waals surface area contributed by atoms with Gasteiger partial charge in [-0.25, -0.2) is 0 Å². The second kappa shape index (κ2) is 1.49. The van der Waals surface area contributed by atoms with Crippen molar-refractivity contribution in [3.05, 3.63) is 17.0 Å². The molecule has 0 aliphatic rings. The summed E-state index contributed by atoms with van der Waals surface area (Å²) in [5, 5.41) is 1.21. The molecule has 1 aromatic carbocycles. The Morgan fingerprint density at radius 1 is 1.71 bits per heavy atom. The van der Waals surface area contributed by atoms with Crippen LogP contribution in [-0.4, -0.2) is 6.54 Å². The van der Waals surface area contributed by atoms with Gasteiger partial charge in [0.25, 0.3) is 0 Å². The molecule has 1 rings (SSSR count). The third-order valence-corrected chi connectivity index (χ3v) is 1.00. The highest BCUT2D eigenvalue weighted by Crippen LogP contribution is 1.88. The monoisotopic (exact) mass is 95.1 g/mol. The van der Waals surface area contributed by atoms with Crippen LogP contribution in [0.3, 0.4) is 0 Å². The number of nitrogens with zero attached hydrogens (tertiary/aromatic N) is 1. The maximum absolute atomic E-state index is 4.14. The van der Waals surface area contributed by atoms with E-state index in [2.05, 4.69) is 18.0 Å². The maximum Gasteiger partial charge on any atom is 0.0607 e. The molecule has 0 unspecified atom stereocenters. The fourth-order valence-electron chi connectivity index (χ4n) is 0.510. The number of hydrogen-bond donors (Lipinski definition) is 0. The molecule has 1 nitrogen and oxygen atoms in total. The molecule has 0 N–H and O–H groups in total. The summed E-state index contributed by atoms with van der Waals surface area (Å²) >= 11 is 0. The van der Waals surface area contributed by atoms with Crippen LogP contribution in [0.4, 0.5) is 0 Å². The summed E-state index contributed by atoms with van der Waals surface area (Å²) in [4.78, 5) is 4.14. The highest BCUT2D eigenvalue weighted by Gasteiger charge is 1.94. The van der Waals surface area contributed by atoms with Crippen molar-refractivity contribution in [2.45, 2.75) is 13.8 Å². The molecule has 0 aliphatic heterocycles. The SMILES string of the molecule is CC/N=c1/cc1C. The Bertz CT molecular complexity index is 168. The van der Waals surface area contributed by atoms with Crippen molar-refractivity contribution in [1.29, 1.82) is 0 Å². The van der Waals surface area contributed by atoms with Gasteiger partial charge in [0, 0.05) is 6.54 Å². The first-order valence-electron chi connectivity index (χ1n) is 2.57. The molecule has 0 spiro atoms. The van der Waals surface area contributed by atoms with Crippen LogP contribution in [0.1, 0.15) is 12.5 Å². The van der Waals surface area contributed by atoms with Crippen LogP contribution in [0.25, 0.3) is 0 Å². The molecule has 7 heavy (non-hydrogen) atoms. The van der Waals surface area contributed by atoms with Gasteiger partial charge in [0.05, 0.1) is 5.36 Å². The van der Waals surface area contributed by atoms with Crippen molar-refractivity contribution in [1.82, 2.24) is 0 Å². The first-order chi connectivity index (χ1) is 3.34. The van der Waals surface area contributed by atoms with E-state index in [1.54, 1.807) is 0 Å². The van der Waals surface area contributed by atoms with Crippen molar-refractivity contribution in [2.24, 2.45) is 4.99 Å². The van der Waals surface area contributed by atoms with Gasteiger partial charge in [0.15, 0.2) is 0 Å². The molecule has 0 atom stereocenters. The van der Waals surface area contributed by atoms with Crippen molar-refractivity contribution in [3.8, 4) is 0 Å². The first kappa shape index (κ1) is 4.57. The Morgan fingerprint density at radius 2 is 2.29 bits per heavy atom.